The molecule has 1 saturated heterocycles. The molecular weight excluding hydrogens is 352 g/mol. The van der Waals surface area contributed by atoms with Crippen LogP contribution < -0.4 is 0 Å². The van der Waals surface area contributed by atoms with Gasteiger partial charge in [0, 0.05) is 7.05 Å². The Labute approximate surface area is 154 Å². The third kappa shape index (κ3) is 2.33. The van der Waals surface area contributed by atoms with Crippen LogP contribution in [0.1, 0.15) is 27.6 Å². The lowest BCUT2D eigenvalue weighted by Crippen LogP contribution is -2.43. The van der Waals surface area contributed by atoms with E-state index in [1.807, 2.05) is 0 Å². The third-order valence-electron chi connectivity index (χ3n) is 5.40. The number of nitrogens with zero attached hydrogens (tertiary/aromatic N) is 2. The van der Waals surface area contributed by atoms with Crippen LogP contribution in [0.2, 0.25) is 0 Å². The quantitative estimate of drug-likeness (QED) is 0.565. The maximum atomic E-state index is 12.8. The van der Waals surface area contributed by atoms with Crippen LogP contribution in [0.25, 0.3) is 0 Å². The zero-order valence-electron chi connectivity index (χ0n) is 14.6. The van der Waals surface area contributed by atoms with Gasteiger partial charge in [0.15, 0.2) is 0 Å². The lowest BCUT2D eigenvalue weighted by atomic mass is 9.72. The largest absolute Gasteiger partial charge is 0.337 e. The summed E-state index contributed by atoms with van der Waals surface area (Å²) in [6.45, 7) is 1.72. The monoisotopic (exact) mass is 368 g/mol. The second-order valence-electron chi connectivity index (χ2n) is 6.92. The molecule has 4 rings (SSSR count). The lowest BCUT2D eigenvalue weighted by Gasteiger charge is -2.30. The van der Waals surface area contributed by atoms with Crippen molar-refractivity contribution in [2.75, 3.05) is 7.05 Å². The molecule has 4 atom stereocenters. The number of fused-ring (bicyclic) bond motifs is 2. The van der Waals surface area contributed by atoms with E-state index in [1.165, 1.54) is 19.2 Å². The van der Waals surface area contributed by atoms with E-state index in [-0.39, 0.29) is 17.0 Å². The summed E-state index contributed by atoms with van der Waals surface area (Å²) in [4.78, 5) is 68.4. The Morgan fingerprint density at radius 1 is 0.963 bits per heavy atom. The predicted octanol–water partition coefficient (Wildman–Crippen LogP) is 0.794. The van der Waals surface area contributed by atoms with E-state index in [1.54, 1.807) is 31.2 Å². The minimum absolute atomic E-state index is 0.150. The number of carbonyl (C=O) groups excluding carboxylic acids is 5. The van der Waals surface area contributed by atoms with Crippen LogP contribution in [0.4, 0.5) is 0 Å². The molecule has 4 amide bonds. The molecule has 138 valence electrons. The summed E-state index contributed by atoms with van der Waals surface area (Å²) >= 11 is 0. The molecule has 1 aliphatic carbocycles. The van der Waals surface area contributed by atoms with Gasteiger partial charge < -0.3 is 4.84 Å². The molecule has 27 heavy (non-hydrogen) atoms. The maximum absolute atomic E-state index is 12.8. The molecule has 1 aromatic rings. The first-order valence-corrected chi connectivity index (χ1v) is 8.52. The predicted molar refractivity (Wildman–Crippen MR) is 89.6 cm³/mol. The van der Waals surface area contributed by atoms with E-state index < -0.39 is 47.4 Å². The minimum Gasteiger partial charge on any atom is -0.329 e. The number of carbonyl (C=O) groups is 5. The van der Waals surface area contributed by atoms with E-state index in [4.69, 9.17) is 4.84 Å². The molecular formula is C19H16N2O6. The molecule has 0 spiro atoms. The standard InChI is InChI=1S/C19H16N2O6/c1-9-7-8-12-14(18(25)20(2)15(12)22)13(9)19(26)27-21-16(23)10-5-3-4-6-11(10)17(21)24/h3-9,12-14H,1-2H3. The van der Waals surface area contributed by atoms with Crippen LogP contribution in [0.5, 0.6) is 0 Å². The zero-order valence-corrected chi connectivity index (χ0v) is 14.6. The molecule has 0 N–H and O–H groups in total. The van der Waals surface area contributed by atoms with Crippen molar-refractivity contribution < 1.29 is 28.8 Å². The van der Waals surface area contributed by atoms with Gasteiger partial charge in [-0.15, -0.1) is 0 Å². The summed E-state index contributed by atoms with van der Waals surface area (Å²) in [6.07, 6.45) is 3.31. The van der Waals surface area contributed by atoms with Crippen LogP contribution in [0, 0.1) is 23.7 Å². The highest BCUT2D eigenvalue weighted by molar-refractivity contribution is 6.21. The van der Waals surface area contributed by atoms with Gasteiger partial charge in [-0.2, -0.15) is 0 Å². The van der Waals surface area contributed by atoms with E-state index in [2.05, 4.69) is 0 Å². The molecule has 0 bridgehead atoms. The van der Waals surface area contributed by atoms with Crippen LogP contribution in [0.3, 0.4) is 0 Å². The van der Waals surface area contributed by atoms with Crippen LogP contribution in [0.15, 0.2) is 36.4 Å². The summed E-state index contributed by atoms with van der Waals surface area (Å²) < 4.78 is 0. The molecule has 4 unspecified atom stereocenters. The lowest BCUT2D eigenvalue weighted by molar-refractivity contribution is -0.178. The SMILES string of the molecule is CC1C=CC2C(=O)N(C)C(=O)C2C1C(=O)ON1C(=O)c2ccccc2C1=O. The van der Waals surface area contributed by atoms with Crippen LogP contribution >= 0.6 is 0 Å². The molecule has 1 fully saturated rings. The van der Waals surface area contributed by atoms with E-state index in [0.29, 0.717) is 5.06 Å². The minimum atomic E-state index is -0.967. The second-order valence-corrected chi connectivity index (χ2v) is 6.92. The van der Waals surface area contributed by atoms with Gasteiger partial charge in [0.1, 0.15) is 0 Å². The number of allylic oxidation sites excluding steroid dienone is 1. The number of likely N-dealkylation sites (tertiary alicyclic amines) is 1. The summed E-state index contributed by atoms with van der Waals surface area (Å²) in [5.41, 5.74) is 0.299. The summed E-state index contributed by atoms with van der Waals surface area (Å²) in [5.74, 6) is -6.19. The number of rotatable bonds is 2. The third-order valence-corrected chi connectivity index (χ3v) is 5.40. The summed E-state index contributed by atoms with van der Waals surface area (Å²) in [5, 5.41) is 0.429. The van der Waals surface area contributed by atoms with Crippen molar-refractivity contribution in [2.45, 2.75) is 6.92 Å². The van der Waals surface area contributed by atoms with Gasteiger partial charge >= 0.3 is 5.97 Å². The van der Waals surface area contributed by atoms with E-state index in [9.17, 15) is 24.0 Å². The second kappa shape index (κ2) is 5.87. The van der Waals surface area contributed by atoms with Gasteiger partial charge in [-0.25, -0.2) is 4.79 Å². The first-order valence-electron chi connectivity index (χ1n) is 8.52. The van der Waals surface area contributed by atoms with Gasteiger partial charge in [0.2, 0.25) is 11.8 Å². The van der Waals surface area contributed by atoms with Gasteiger partial charge in [-0.1, -0.05) is 36.3 Å². The topological polar surface area (TPSA) is 101 Å². The van der Waals surface area contributed by atoms with E-state index in [0.717, 1.165) is 4.90 Å². The smallest absolute Gasteiger partial charge is 0.329 e. The zero-order chi connectivity index (χ0) is 19.5. The summed E-state index contributed by atoms with van der Waals surface area (Å²) in [7, 11) is 1.37. The van der Waals surface area contributed by atoms with Crippen LogP contribution in [-0.4, -0.2) is 46.6 Å². The Hall–Kier alpha value is -3.29. The molecule has 8 heteroatoms. The average Bonchev–Trinajstić information content (AvgIpc) is 3.03. The van der Waals surface area contributed by atoms with Gasteiger partial charge in [0.25, 0.3) is 11.8 Å². The van der Waals surface area contributed by atoms with Gasteiger partial charge in [0.05, 0.1) is 28.9 Å². The number of hydrogen-bond donors (Lipinski definition) is 0. The fraction of sp³-hybridized carbons (Fsp3) is 0.316. The number of amides is 4. The van der Waals surface area contributed by atoms with Crippen molar-refractivity contribution >= 4 is 29.6 Å². The Bertz CT molecular complexity index is 901. The number of benzene rings is 1. The average molecular weight is 368 g/mol. The Kier molecular flexibility index (Phi) is 3.73. The molecule has 1 aromatic carbocycles. The molecule has 0 saturated carbocycles. The Morgan fingerprint density at radius 2 is 1.56 bits per heavy atom. The first kappa shape index (κ1) is 17.1. The molecule has 3 aliphatic rings. The van der Waals surface area contributed by atoms with Crippen LogP contribution in [-0.2, 0) is 19.2 Å². The van der Waals surface area contributed by atoms with E-state index >= 15 is 0 Å². The van der Waals surface area contributed by atoms with Gasteiger partial charge in [-0.05, 0) is 18.1 Å². The molecule has 2 heterocycles. The fourth-order valence-corrected chi connectivity index (χ4v) is 3.95. The molecule has 8 nitrogen and oxygen atoms in total. The van der Waals surface area contributed by atoms with Crippen molar-refractivity contribution in [3.8, 4) is 0 Å². The van der Waals surface area contributed by atoms with Crippen molar-refractivity contribution in [2.24, 2.45) is 23.7 Å². The first-order chi connectivity index (χ1) is 12.8. The van der Waals surface area contributed by atoms with Crippen molar-refractivity contribution in [3.05, 3.63) is 47.5 Å². The van der Waals surface area contributed by atoms with Crippen molar-refractivity contribution in [3.63, 3.8) is 0 Å². The molecule has 2 aliphatic heterocycles. The molecule has 0 radical (unpaired) electrons. The summed E-state index contributed by atoms with van der Waals surface area (Å²) in [6, 6.07) is 6.15. The fourth-order valence-electron chi connectivity index (χ4n) is 3.95. The molecule has 0 aromatic heterocycles. The van der Waals surface area contributed by atoms with Gasteiger partial charge in [-0.3, -0.25) is 24.1 Å². The highest BCUT2D eigenvalue weighted by Crippen LogP contribution is 2.41. The Balaban J connectivity index is 1.61. The Morgan fingerprint density at radius 3 is 2.15 bits per heavy atom. The maximum Gasteiger partial charge on any atom is 0.337 e. The number of imide groups is 2. The van der Waals surface area contributed by atoms with Crippen molar-refractivity contribution in [1.82, 2.24) is 9.96 Å². The highest BCUT2D eigenvalue weighted by atomic mass is 16.7. The highest BCUT2D eigenvalue weighted by Gasteiger charge is 2.55. The number of hydrogen-bond acceptors (Lipinski definition) is 6. The normalized spacial score (nSPS) is 29.3. The number of hydroxylamine groups is 2. The van der Waals surface area contributed by atoms with Crippen molar-refractivity contribution in [1.29, 1.82) is 0 Å².